The molecule has 5 rings (SSSR count). The van der Waals surface area contributed by atoms with E-state index in [2.05, 4.69) is 18.3 Å². The molecule has 0 saturated carbocycles. The van der Waals surface area contributed by atoms with E-state index in [0.717, 1.165) is 34.1 Å². The Morgan fingerprint density at radius 3 is 2.69 bits per heavy atom. The van der Waals surface area contributed by atoms with Crippen molar-refractivity contribution in [2.24, 2.45) is 0 Å². The Morgan fingerprint density at radius 1 is 1.11 bits per heavy atom. The number of hydrogen-bond donors (Lipinski definition) is 1. The number of thiocarbonyl (C=S) groups is 1. The lowest BCUT2D eigenvalue weighted by Gasteiger charge is -2.13. The normalized spacial score (nSPS) is 14.9. The molecule has 6 nitrogen and oxygen atoms in total. The summed E-state index contributed by atoms with van der Waals surface area (Å²) in [5, 5.41) is 3.90. The summed E-state index contributed by atoms with van der Waals surface area (Å²) in [6, 6.07) is 19.1. The molecule has 0 spiro atoms. The number of aryl methyl sites for hydroxylation is 1. The van der Waals surface area contributed by atoms with Crippen LogP contribution < -0.4 is 10.2 Å². The van der Waals surface area contributed by atoms with Crippen LogP contribution in [0.25, 0.3) is 17.0 Å². The molecule has 1 fully saturated rings. The fraction of sp³-hybridized carbons (Fsp3) is 0.148. The van der Waals surface area contributed by atoms with Crippen LogP contribution in [-0.2, 0) is 29.1 Å². The van der Waals surface area contributed by atoms with Gasteiger partial charge >= 0.3 is 0 Å². The molecule has 0 unspecified atom stereocenters. The maximum atomic E-state index is 13.2. The van der Waals surface area contributed by atoms with Crippen LogP contribution in [-0.4, -0.2) is 20.7 Å². The molecule has 8 heteroatoms. The SMILES string of the molecule is CCc1cccc2c(/C=C3\SC(=S)N(c4ccccc4)C3=O)cn(CC(=O)NCc3ccco3)c12. The molecule has 0 atom stereocenters. The van der Waals surface area contributed by atoms with Gasteiger partial charge in [-0.15, -0.1) is 0 Å². The number of benzene rings is 2. The van der Waals surface area contributed by atoms with E-state index >= 15 is 0 Å². The minimum absolute atomic E-state index is 0.119. The van der Waals surface area contributed by atoms with Gasteiger partial charge in [0.25, 0.3) is 5.91 Å². The molecule has 0 aliphatic carbocycles. The molecule has 0 radical (unpaired) electrons. The summed E-state index contributed by atoms with van der Waals surface area (Å²) in [5.74, 6) is 0.437. The third kappa shape index (κ3) is 4.67. The number of fused-ring (bicyclic) bond motifs is 1. The smallest absolute Gasteiger partial charge is 0.270 e. The van der Waals surface area contributed by atoms with E-state index in [4.69, 9.17) is 16.6 Å². The van der Waals surface area contributed by atoms with Gasteiger partial charge in [0.1, 0.15) is 12.3 Å². The van der Waals surface area contributed by atoms with Crippen LogP contribution in [0.5, 0.6) is 0 Å². The Hall–Kier alpha value is -3.62. The number of thioether (sulfide) groups is 1. The van der Waals surface area contributed by atoms with E-state index < -0.39 is 0 Å². The molecule has 0 bridgehead atoms. The van der Waals surface area contributed by atoms with Crippen molar-refractivity contribution in [3.63, 3.8) is 0 Å². The number of nitrogens with one attached hydrogen (secondary N) is 1. The number of nitrogens with zero attached hydrogens (tertiary/aromatic N) is 2. The average Bonchev–Trinajstić information content (AvgIpc) is 3.57. The van der Waals surface area contributed by atoms with Crippen molar-refractivity contribution < 1.29 is 14.0 Å². The van der Waals surface area contributed by atoms with Crippen molar-refractivity contribution in [3.05, 3.63) is 94.9 Å². The second kappa shape index (κ2) is 9.93. The topological polar surface area (TPSA) is 67.5 Å². The van der Waals surface area contributed by atoms with Crippen molar-refractivity contribution in [2.45, 2.75) is 26.4 Å². The molecule has 1 N–H and O–H groups in total. The summed E-state index contributed by atoms with van der Waals surface area (Å²) >= 11 is 6.80. The van der Waals surface area contributed by atoms with Gasteiger partial charge in [-0.05, 0) is 42.3 Å². The lowest BCUT2D eigenvalue weighted by molar-refractivity contribution is -0.121. The number of aromatic nitrogens is 1. The first kappa shape index (κ1) is 23.1. The Morgan fingerprint density at radius 2 is 1.94 bits per heavy atom. The highest BCUT2D eigenvalue weighted by molar-refractivity contribution is 8.27. The Labute approximate surface area is 212 Å². The van der Waals surface area contributed by atoms with Gasteiger partial charge in [0, 0.05) is 17.1 Å². The number of furan rings is 1. The van der Waals surface area contributed by atoms with Crippen molar-refractivity contribution in [1.29, 1.82) is 0 Å². The van der Waals surface area contributed by atoms with Crippen molar-refractivity contribution in [3.8, 4) is 0 Å². The van der Waals surface area contributed by atoms with Crippen LogP contribution in [0, 0.1) is 0 Å². The Bertz CT molecular complexity index is 1440. The first-order chi connectivity index (χ1) is 17.0. The minimum Gasteiger partial charge on any atom is -0.467 e. The monoisotopic (exact) mass is 501 g/mol. The number of hydrogen-bond acceptors (Lipinski definition) is 5. The van der Waals surface area contributed by atoms with E-state index in [-0.39, 0.29) is 18.4 Å². The fourth-order valence-corrected chi connectivity index (χ4v) is 5.50. The van der Waals surface area contributed by atoms with Gasteiger partial charge in [-0.2, -0.15) is 0 Å². The maximum absolute atomic E-state index is 13.2. The molecule has 1 saturated heterocycles. The molecule has 3 heterocycles. The summed E-state index contributed by atoms with van der Waals surface area (Å²) in [6.07, 6.45) is 6.22. The van der Waals surface area contributed by atoms with Crippen LogP contribution in [0.15, 0.2) is 82.4 Å². The van der Waals surface area contributed by atoms with E-state index in [9.17, 15) is 9.59 Å². The molecular weight excluding hydrogens is 478 g/mol. The molecule has 176 valence electrons. The highest BCUT2D eigenvalue weighted by Gasteiger charge is 2.33. The van der Waals surface area contributed by atoms with Crippen LogP contribution in [0.4, 0.5) is 5.69 Å². The highest BCUT2D eigenvalue weighted by Crippen LogP contribution is 2.37. The average molecular weight is 502 g/mol. The van der Waals surface area contributed by atoms with Gasteiger partial charge in [-0.3, -0.25) is 14.5 Å². The molecule has 1 aliphatic heterocycles. The predicted octanol–water partition coefficient (Wildman–Crippen LogP) is 5.52. The molecular formula is C27H23N3O3S2. The molecule has 2 amide bonds. The zero-order chi connectivity index (χ0) is 24.4. The largest absolute Gasteiger partial charge is 0.467 e. The third-order valence-electron chi connectivity index (χ3n) is 5.84. The van der Waals surface area contributed by atoms with Crippen LogP contribution in [0.2, 0.25) is 0 Å². The first-order valence-corrected chi connectivity index (χ1v) is 12.5. The van der Waals surface area contributed by atoms with Gasteiger partial charge < -0.3 is 14.3 Å². The van der Waals surface area contributed by atoms with E-state index in [0.29, 0.717) is 21.5 Å². The van der Waals surface area contributed by atoms with Gasteiger partial charge in [-0.25, -0.2) is 0 Å². The Kier molecular flexibility index (Phi) is 6.57. The number of rotatable bonds is 7. The van der Waals surface area contributed by atoms with Gasteiger partial charge in [0.2, 0.25) is 5.91 Å². The lowest BCUT2D eigenvalue weighted by atomic mass is 10.1. The van der Waals surface area contributed by atoms with Crippen molar-refractivity contribution >= 4 is 62.8 Å². The van der Waals surface area contributed by atoms with Gasteiger partial charge in [-0.1, -0.05) is 67.3 Å². The van der Waals surface area contributed by atoms with Crippen molar-refractivity contribution in [2.75, 3.05) is 4.90 Å². The van der Waals surface area contributed by atoms with E-state index in [1.165, 1.54) is 11.8 Å². The quantitative estimate of drug-likeness (QED) is 0.267. The Balaban J connectivity index is 1.47. The maximum Gasteiger partial charge on any atom is 0.270 e. The van der Waals surface area contributed by atoms with Crippen molar-refractivity contribution in [1.82, 2.24) is 9.88 Å². The van der Waals surface area contributed by atoms with E-state index in [1.807, 2.05) is 65.4 Å². The molecule has 2 aromatic carbocycles. The zero-order valence-electron chi connectivity index (χ0n) is 19.1. The summed E-state index contributed by atoms with van der Waals surface area (Å²) in [7, 11) is 0. The first-order valence-electron chi connectivity index (χ1n) is 11.3. The van der Waals surface area contributed by atoms with Gasteiger partial charge in [0.15, 0.2) is 4.32 Å². The standard InChI is InChI=1S/C27H23N3O3S2/c1-2-18-8-6-12-22-19(14-23-26(32)30(27(34)35-23)20-9-4-3-5-10-20)16-29(25(18)22)17-24(31)28-15-21-11-7-13-33-21/h3-14,16H,2,15,17H2,1H3,(H,28,31)/b23-14-. The second-order valence-corrected chi connectivity index (χ2v) is 9.76. The number of amides is 2. The summed E-state index contributed by atoms with van der Waals surface area (Å²) in [4.78, 5) is 28.1. The highest BCUT2D eigenvalue weighted by atomic mass is 32.2. The number of para-hydroxylation sites is 2. The second-order valence-electron chi connectivity index (χ2n) is 8.09. The molecule has 35 heavy (non-hydrogen) atoms. The number of anilines is 1. The summed E-state index contributed by atoms with van der Waals surface area (Å²) in [6.45, 7) is 2.58. The van der Waals surface area contributed by atoms with Crippen LogP contribution >= 0.6 is 24.0 Å². The minimum atomic E-state index is -0.144. The fourth-order valence-electron chi connectivity index (χ4n) is 4.21. The van der Waals surface area contributed by atoms with Gasteiger partial charge in [0.05, 0.1) is 28.9 Å². The summed E-state index contributed by atoms with van der Waals surface area (Å²) in [5.41, 5.74) is 3.76. The zero-order valence-corrected chi connectivity index (χ0v) is 20.7. The van der Waals surface area contributed by atoms with Crippen LogP contribution in [0.3, 0.4) is 0 Å². The summed E-state index contributed by atoms with van der Waals surface area (Å²) < 4.78 is 7.76. The number of carbonyl (C=O) groups is 2. The molecule has 1 aliphatic rings. The number of carbonyl (C=O) groups excluding carboxylic acids is 2. The van der Waals surface area contributed by atoms with E-state index in [1.54, 1.807) is 17.2 Å². The van der Waals surface area contributed by atoms with Crippen LogP contribution in [0.1, 0.15) is 23.8 Å². The molecule has 2 aromatic heterocycles. The third-order valence-corrected chi connectivity index (χ3v) is 7.14. The lowest BCUT2D eigenvalue weighted by Crippen LogP contribution is -2.27. The molecule has 4 aromatic rings. The predicted molar refractivity (Wildman–Crippen MR) is 144 cm³/mol.